The van der Waals surface area contributed by atoms with Crippen molar-refractivity contribution in [2.45, 2.75) is 19.3 Å². The maximum absolute atomic E-state index is 11.2. The summed E-state index contributed by atoms with van der Waals surface area (Å²) in [6.07, 6.45) is -0.274. The molecule has 0 radical (unpaired) electrons. The third-order valence-corrected chi connectivity index (χ3v) is 2.84. The predicted octanol–water partition coefficient (Wildman–Crippen LogP) is 2.24. The second-order valence-corrected chi connectivity index (χ2v) is 4.60. The van der Waals surface area contributed by atoms with Crippen LogP contribution in [0.25, 0.3) is 11.1 Å². The normalized spacial score (nSPS) is 12.3. The number of fused-ring (bicyclic) bond motifs is 1. The van der Waals surface area contributed by atoms with Gasteiger partial charge in [-0.2, -0.15) is 0 Å². The largest absolute Gasteiger partial charge is 0.494 e. The Bertz CT molecular complexity index is 651. The van der Waals surface area contributed by atoms with Crippen LogP contribution in [0, 0.1) is 0 Å². The minimum Gasteiger partial charge on any atom is -0.494 e. The highest BCUT2D eigenvalue weighted by molar-refractivity contribution is 7.96. The van der Waals surface area contributed by atoms with Crippen molar-refractivity contribution in [3.63, 3.8) is 0 Å². The first-order valence-corrected chi connectivity index (χ1v) is 6.44. The minimum atomic E-state index is -1.18. The molecule has 1 aromatic heterocycles. The number of carbonyl (C=O) groups is 2. The highest BCUT2D eigenvalue weighted by Crippen LogP contribution is 2.27. The van der Waals surface area contributed by atoms with Crippen LogP contribution in [0.2, 0.25) is 0 Å². The van der Waals surface area contributed by atoms with Crippen LogP contribution in [0.5, 0.6) is 5.75 Å². The molecule has 0 spiro atoms. The van der Waals surface area contributed by atoms with Crippen LogP contribution in [0.1, 0.15) is 25.2 Å². The maximum Gasteiger partial charge on any atom is 0.316 e. The number of oxazole rings is 1. The molecule has 20 heavy (non-hydrogen) atoms. The van der Waals surface area contributed by atoms with Crippen LogP contribution >= 0.6 is 12.6 Å². The van der Waals surface area contributed by atoms with Gasteiger partial charge in [-0.05, 0) is 19.1 Å². The number of carboxylic acids is 1. The molecule has 0 bridgehead atoms. The molecule has 1 unspecified atom stereocenters. The number of ether oxygens (including phenoxy) is 1. The number of aromatic nitrogens is 1. The van der Waals surface area contributed by atoms with E-state index in [1.54, 1.807) is 18.2 Å². The van der Waals surface area contributed by atoms with Crippen molar-refractivity contribution in [1.82, 2.24) is 4.98 Å². The Morgan fingerprint density at radius 2 is 2.25 bits per heavy atom. The summed E-state index contributed by atoms with van der Waals surface area (Å²) in [5.74, 6) is -1.71. The Labute approximate surface area is 120 Å². The van der Waals surface area contributed by atoms with E-state index in [1.165, 1.54) is 0 Å². The molecule has 1 heterocycles. The van der Waals surface area contributed by atoms with Crippen LogP contribution in [0.3, 0.4) is 0 Å². The summed E-state index contributed by atoms with van der Waals surface area (Å²) in [6, 6.07) is 5.03. The van der Waals surface area contributed by atoms with Gasteiger partial charge in [0.15, 0.2) is 10.7 Å². The molecule has 0 saturated heterocycles. The van der Waals surface area contributed by atoms with E-state index in [4.69, 9.17) is 14.3 Å². The number of hydrogen-bond acceptors (Lipinski definition) is 5. The standard InChI is InChI=1S/C13H13NO5S/c1-2-18-7-3-4-9-10(5-7)19-12(14-9)8(13(16)17)6-11(15)20/h3-5,8H,2,6H2,1H3,(H,15,20)(H,16,17). The van der Waals surface area contributed by atoms with E-state index in [0.717, 1.165) is 0 Å². The number of hydrogen-bond donors (Lipinski definition) is 2. The number of carboxylic acid groups (broad SMARTS) is 1. The third-order valence-electron chi connectivity index (χ3n) is 2.66. The van der Waals surface area contributed by atoms with Gasteiger partial charge in [-0.3, -0.25) is 9.59 Å². The molecule has 6 nitrogen and oxygen atoms in total. The lowest BCUT2D eigenvalue weighted by molar-refractivity contribution is -0.140. The van der Waals surface area contributed by atoms with Crippen LogP contribution in [-0.2, 0) is 9.59 Å². The molecule has 1 N–H and O–H groups in total. The Morgan fingerprint density at radius 3 is 2.85 bits per heavy atom. The summed E-state index contributed by atoms with van der Waals surface area (Å²) >= 11 is 3.60. The van der Waals surface area contributed by atoms with Gasteiger partial charge in [0.25, 0.3) is 0 Å². The zero-order chi connectivity index (χ0) is 14.7. The van der Waals surface area contributed by atoms with Gasteiger partial charge in [0.05, 0.1) is 6.61 Å². The van der Waals surface area contributed by atoms with E-state index in [-0.39, 0.29) is 12.3 Å². The average Bonchev–Trinajstić information content (AvgIpc) is 2.78. The Kier molecular flexibility index (Phi) is 4.29. The van der Waals surface area contributed by atoms with E-state index < -0.39 is 17.0 Å². The molecule has 0 aliphatic carbocycles. The molecule has 0 aliphatic heterocycles. The molecule has 2 aromatic rings. The van der Waals surface area contributed by atoms with Gasteiger partial charge >= 0.3 is 5.97 Å². The molecule has 1 atom stereocenters. The van der Waals surface area contributed by atoms with Gasteiger partial charge in [0.2, 0.25) is 5.89 Å². The fourth-order valence-corrected chi connectivity index (χ4v) is 1.97. The van der Waals surface area contributed by atoms with Crippen molar-refractivity contribution < 1.29 is 23.8 Å². The molecular weight excluding hydrogens is 282 g/mol. The summed E-state index contributed by atoms with van der Waals surface area (Å²) in [5, 5.41) is 8.60. The van der Waals surface area contributed by atoms with Gasteiger partial charge in [-0.15, -0.1) is 12.6 Å². The van der Waals surface area contributed by atoms with Crippen molar-refractivity contribution in [3.8, 4) is 5.75 Å². The fraction of sp³-hybridized carbons (Fsp3) is 0.308. The van der Waals surface area contributed by atoms with Crippen molar-refractivity contribution in [1.29, 1.82) is 0 Å². The van der Waals surface area contributed by atoms with Gasteiger partial charge in [0.1, 0.15) is 17.2 Å². The van der Waals surface area contributed by atoms with E-state index in [0.29, 0.717) is 23.5 Å². The van der Waals surface area contributed by atoms with E-state index in [2.05, 4.69) is 17.6 Å². The first-order chi connectivity index (χ1) is 9.51. The van der Waals surface area contributed by atoms with Crippen molar-refractivity contribution in [2.75, 3.05) is 6.61 Å². The molecule has 0 amide bonds. The molecule has 0 aliphatic rings. The van der Waals surface area contributed by atoms with Gasteiger partial charge < -0.3 is 14.3 Å². The Morgan fingerprint density at radius 1 is 1.50 bits per heavy atom. The number of nitrogens with zero attached hydrogens (tertiary/aromatic N) is 1. The topological polar surface area (TPSA) is 89.6 Å². The molecule has 7 heteroatoms. The zero-order valence-corrected chi connectivity index (χ0v) is 11.6. The van der Waals surface area contributed by atoms with Crippen LogP contribution in [0.15, 0.2) is 22.6 Å². The molecular formula is C13H13NO5S. The fourth-order valence-electron chi connectivity index (χ4n) is 1.78. The van der Waals surface area contributed by atoms with Crippen molar-refractivity contribution >= 4 is 34.8 Å². The number of aliphatic carboxylic acids is 1. The Balaban J connectivity index is 2.38. The average molecular weight is 295 g/mol. The van der Waals surface area contributed by atoms with Gasteiger partial charge in [0, 0.05) is 12.5 Å². The lowest BCUT2D eigenvalue weighted by atomic mass is 10.1. The highest BCUT2D eigenvalue weighted by atomic mass is 32.1. The smallest absolute Gasteiger partial charge is 0.316 e. The molecule has 0 fully saturated rings. The lowest BCUT2D eigenvalue weighted by Gasteiger charge is -2.04. The second-order valence-electron chi connectivity index (χ2n) is 4.10. The van der Waals surface area contributed by atoms with E-state index >= 15 is 0 Å². The molecule has 0 saturated carbocycles. The predicted molar refractivity (Wildman–Crippen MR) is 74.2 cm³/mol. The Hall–Kier alpha value is -2.02. The number of carbonyl (C=O) groups excluding carboxylic acids is 1. The zero-order valence-electron chi connectivity index (χ0n) is 10.7. The molecule has 2 rings (SSSR count). The number of thiol groups is 1. The summed E-state index contributed by atoms with van der Waals surface area (Å²) in [7, 11) is 0. The van der Waals surface area contributed by atoms with E-state index in [9.17, 15) is 9.59 Å². The summed E-state index contributed by atoms with van der Waals surface area (Å²) < 4.78 is 10.7. The quantitative estimate of drug-likeness (QED) is 0.794. The number of benzene rings is 1. The first-order valence-electron chi connectivity index (χ1n) is 5.99. The van der Waals surface area contributed by atoms with Crippen molar-refractivity contribution in [2.24, 2.45) is 0 Å². The van der Waals surface area contributed by atoms with Gasteiger partial charge in [-0.25, -0.2) is 4.98 Å². The van der Waals surface area contributed by atoms with Crippen LogP contribution in [-0.4, -0.2) is 27.8 Å². The summed E-state index contributed by atoms with van der Waals surface area (Å²) in [5.41, 5.74) is 0.935. The molecule has 1 aromatic carbocycles. The van der Waals surface area contributed by atoms with Gasteiger partial charge in [-0.1, -0.05) is 0 Å². The third kappa shape index (κ3) is 3.11. The maximum atomic E-state index is 11.2. The highest BCUT2D eigenvalue weighted by Gasteiger charge is 2.27. The summed E-state index contributed by atoms with van der Waals surface area (Å²) in [4.78, 5) is 26.3. The minimum absolute atomic E-state index is 0.0106. The SMILES string of the molecule is CCOc1ccc2nc(C(CC(=O)S)C(=O)O)oc2c1. The van der Waals surface area contributed by atoms with Crippen molar-refractivity contribution in [3.05, 3.63) is 24.1 Å². The lowest BCUT2D eigenvalue weighted by Crippen LogP contribution is -2.14. The monoisotopic (exact) mass is 295 g/mol. The second kappa shape index (κ2) is 5.96. The first kappa shape index (κ1) is 14.4. The van der Waals surface area contributed by atoms with Crippen LogP contribution in [0.4, 0.5) is 0 Å². The van der Waals surface area contributed by atoms with E-state index in [1.807, 2.05) is 6.92 Å². The summed E-state index contributed by atoms with van der Waals surface area (Å²) in [6.45, 7) is 2.37. The van der Waals surface area contributed by atoms with Crippen LogP contribution < -0.4 is 4.74 Å². The number of rotatable bonds is 6. The molecule has 106 valence electrons.